The first-order valence-electron chi connectivity index (χ1n) is 10.5. The number of aromatic nitrogens is 1. The minimum absolute atomic E-state index is 0.0964. The van der Waals surface area contributed by atoms with E-state index in [4.69, 9.17) is 4.74 Å². The lowest BCUT2D eigenvalue weighted by Crippen LogP contribution is -2.50. The van der Waals surface area contributed by atoms with Crippen molar-refractivity contribution < 1.29 is 22.7 Å². The van der Waals surface area contributed by atoms with E-state index >= 15 is 0 Å². The van der Waals surface area contributed by atoms with E-state index in [2.05, 4.69) is 10.3 Å². The molecule has 0 atom stereocenters. The van der Waals surface area contributed by atoms with E-state index < -0.39 is 16.1 Å². The number of hydrogen-bond donors (Lipinski definition) is 1. The summed E-state index contributed by atoms with van der Waals surface area (Å²) in [6, 6.07) is 11.7. The minimum atomic E-state index is -3.73. The van der Waals surface area contributed by atoms with Gasteiger partial charge in [0.05, 0.1) is 21.7 Å². The summed E-state index contributed by atoms with van der Waals surface area (Å²) < 4.78 is 33.2. The van der Waals surface area contributed by atoms with Crippen LogP contribution in [0.5, 0.6) is 0 Å². The largest absolute Gasteiger partial charge is 0.450 e. The van der Waals surface area contributed by atoms with Crippen LogP contribution in [-0.2, 0) is 14.8 Å². The van der Waals surface area contributed by atoms with Crippen LogP contribution in [0.3, 0.4) is 0 Å². The van der Waals surface area contributed by atoms with Crippen molar-refractivity contribution in [1.29, 1.82) is 0 Å². The summed E-state index contributed by atoms with van der Waals surface area (Å²) in [6.45, 7) is 4.88. The van der Waals surface area contributed by atoms with Crippen LogP contribution in [0.25, 0.3) is 10.2 Å². The van der Waals surface area contributed by atoms with Crippen molar-refractivity contribution in [1.82, 2.24) is 14.2 Å². The van der Waals surface area contributed by atoms with Gasteiger partial charge in [0.2, 0.25) is 10.0 Å². The third-order valence-electron chi connectivity index (χ3n) is 5.28. The van der Waals surface area contributed by atoms with Crippen LogP contribution < -0.4 is 5.32 Å². The lowest BCUT2D eigenvalue weighted by Gasteiger charge is -2.33. The van der Waals surface area contributed by atoms with Gasteiger partial charge in [-0.1, -0.05) is 17.4 Å². The van der Waals surface area contributed by atoms with Gasteiger partial charge < -0.3 is 9.64 Å². The van der Waals surface area contributed by atoms with Crippen molar-refractivity contribution in [2.75, 3.05) is 38.1 Å². The highest BCUT2D eigenvalue weighted by Crippen LogP contribution is 2.27. The summed E-state index contributed by atoms with van der Waals surface area (Å²) in [5.74, 6) is -0.363. The number of carbonyl (C=O) groups is 2. The van der Waals surface area contributed by atoms with Gasteiger partial charge in [0, 0.05) is 31.7 Å². The van der Waals surface area contributed by atoms with Gasteiger partial charge >= 0.3 is 6.09 Å². The number of fused-ring (bicyclic) bond motifs is 1. The number of thiazole rings is 1. The molecule has 33 heavy (non-hydrogen) atoms. The summed E-state index contributed by atoms with van der Waals surface area (Å²) >= 11 is 1.38. The molecule has 1 fully saturated rings. The molecule has 174 valence electrons. The molecule has 1 aliphatic heterocycles. The molecule has 4 rings (SSSR count). The van der Waals surface area contributed by atoms with Gasteiger partial charge in [-0.05, 0) is 55.8 Å². The minimum Gasteiger partial charge on any atom is -0.450 e. The maximum atomic E-state index is 13.0. The Morgan fingerprint density at radius 2 is 1.79 bits per heavy atom. The fraction of sp³-hybridized carbons (Fsp3) is 0.318. The van der Waals surface area contributed by atoms with Crippen LogP contribution >= 0.6 is 11.3 Å². The molecule has 2 heterocycles. The zero-order chi connectivity index (χ0) is 23.6. The van der Waals surface area contributed by atoms with Crippen LogP contribution in [0, 0.1) is 6.92 Å². The molecule has 0 saturated carbocycles. The van der Waals surface area contributed by atoms with Crippen LogP contribution in [0.4, 0.5) is 9.93 Å². The zero-order valence-electron chi connectivity index (χ0n) is 18.3. The quantitative estimate of drug-likeness (QED) is 0.590. The number of hydrogen-bond acceptors (Lipinski definition) is 7. The van der Waals surface area contributed by atoms with E-state index in [1.807, 2.05) is 25.1 Å². The molecule has 3 aromatic rings. The molecule has 1 saturated heterocycles. The normalized spacial score (nSPS) is 14.9. The molecule has 2 aromatic carbocycles. The van der Waals surface area contributed by atoms with Crippen LogP contribution in [0.1, 0.15) is 22.8 Å². The Morgan fingerprint density at radius 3 is 2.45 bits per heavy atom. The van der Waals surface area contributed by atoms with Gasteiger partial charge in [0.25, 0.3) is 5.91 Å². The highest BCUT2D eigenvalue weighted by molar-refractivity contribution is 7.89. The third-order valence-corrected chi connectivity index (χ3v) is 8.13. The van der Waals surface area contributed by atoms with E-state index in [0.717, 1.165) is 15.8 Å². The SMILES string of the molecule is CCOC(=O)N1CCN(S(=O)(=O)c2ccc(C(=O)Nc3nc4ccc(C)cc4s3)cc2)CC1. The van der Waals surface area contributed by atoms with Gasteiger partial charge in [0.15, 0.2) is 5.13 Å². The number of amides is 2. The summed E-state index contributed by atoms with van der Waals surface area (Å²) in [5, 5.41) is 3.26. The molecule has 0 spiro atoms. The first-order chi connectivity index (χ1) is 15.8. The molecular weight excluding hydrogens is 464 g/mol. The zero-order valence-corrected chi connectivity index (χ0v) is 19.9. The highest BCUT2D eigenvalue weighted by Gasteiger charge is 2.30. The number of rotatable bonds is 5. The lowest BCUT2D eigenvalue weighted by molar-refractivity contribution is 0.0933. The number of sulfonamides is 1. The average molecular weight is 489 g/mol. The van der Waals surface area contributed by atoms with Crippen molar-refractivity contribution in [2.24, 2.45) is 0 Å². The van der Waals surface area contributed by atoms with Gasteiger partial charge in [0.1, 0.15) is 0 Å². The molecular formula is C22H24N4O5S2. The first-order valence-corrected chi connectivity index (χ1v) is 12.7. The van der Waals surface area contributed by atoms with Gasteiger partial charge in [-0.15, -0.1) is 0 Å². The summed E-state index contributed by atoms with van der Waals surface area (Å²) in [5.41, 5.74) is 2.25. The maximum Gasteiger partial charge on any atom is 0.409 e. The number of nitrogens with one attached hydrogen (secondary N) is 1. The molecule has 1 aliphatic rings. The Kier molecular flexibility index (Phi) is 6.63. The van der Waals surface area contributed by atoms with Gasteiger partial charge in [-0.25, -0.2) is 18.2 Å². The number of nitrogens with zero attached hydrogens (tertiary/aromatic N) is 3. The molecule has 11 heteroatoms. The average Bonchev–Trinajstić information content (AvgIpc) is 3.20. The summed E-state index contributed by atoms with van der Waals surface area (Å²) in [6.07, 6.45) is -0.437. The highest BCUT2D eigenvalue weighted by atomic mass is 32.2. The number of benzene rings is 2. The maximum absolute atomic E-state index is 13.0. The molecule has 2 amide bonds. The fourth-order valence-electron chi connectivity index (χ4n) is 3.51. The Balaban J connectivity index is 1.41. The van der Waals surface area contributed by atoms with Crippen LogP contribution in [0.2, 0.25) is 0 Å². The molecule has 0 unspecified atom stereocenters. The van der Waals surface area contributed by atoms with E-state index in [9.17, 15) is 18.0 Å². The van der Waals surface area contributed by atoms with Crippen LogP contribution in [0.15, 0.2) is 47.4 Å². The predicted molar refractivity (Wildman–Crippen MR) is 126 cm³/mol. The summed E-state index contributed by atoms with van der Waals surface area (Å²) in [4.78, 5) is 30.4. The third kappa shape index (κ3) is 5.00. The Labute approximate surface area is 196 Å². The number of anilines is 1. The topological polar surface area (TPSA) is 109 Å². The molecule has 0 aliphatic carbocycles. The summed E-state index contributed by atoms with van der Waals surface area (Å²) in [7, 11) is -3.73. The Hall–Kier alpha value is -3.02. The predicted octanol–water partition coefficient (Wildman–Crippen LogP) is 3.32. The molecule has 1 N–H and O–H groups in total. The molecule has 0 bridgehead atoms. The van der Waals surface area contributed by atoms with Crippen LogP contribution in [-0.4, -0.2) is 67.4 Å². The molecule has 9 nitrogen and oxygen atoms in total. The number of aryl methyl sites for hydroxylation is 1. The van der Waals surface area contributed by atoms with Crippen molar-refractivity contribution >= 4 is 48.7 Å². The molecule has 0 radical (unpaired) electrons. The van der Waals surface area contributed by atoms with Crippen molar-refractivity contribution in [2.45, 2.75) is 18.7 Å². The lowest BCUT2D eigenvalue weighted by atomic mass is 10.2. The van der Waals surface area contributed by atoms with E-state index in [-0.39, 0.29) is 43.6 Å². The van der Waals surface area contributed by atoms with Crippen molar-refractivity contribution in [3.05, 3.63) is 53.6 Å². The fourth-order valence-corrected chi connectivity index (χ4v) is 5.89. The Bertz CT molecular complexity index is 1280. The smallest absolute Gasteiger partial charge is 0.409 e. The second-order valence-electron chi connectivity index (χ2n) is 7.56. The second kappa shape index (κ2) is 9.46. The second-order valence-corrected chi connectivity index (χ2v) is 10.5. The number of ether oxygens (including phenoxy) is 1. The van der Waals surface area contributed by atoms with E-state index in [0.29, 0.717) is 10.7 Å². The van der Waals surface area contributed by atoms with Crippen molar-refractivity contribution in [3.63, 3.8) is 0 Å². The number of carbonyl (C=O) groups excluding carboxylic acids is 2. The van der Waals surface area contributed by atoms with Crippen molar-refractivity contribution in [3.8, 4) is 0 Å². The Morgan fingerprint density at radius 1 is 1.09 bits per heavy atom. The van der Waals surface area contributed by atoms with Gasteiger partial charge in [-0.2, -0.15) is 4.31 Å². The monoisotopic (exact) mass is 488 g/mol. The number of piperazine rings is 1. The first kappa shape index (κ1) is 23.1. The van der Waals surface area contributed by atoms with Gasteiger partial charge in [-0.3, -0.25) is 10.1 Å². The van der Waals surface area contributed by atoms with E-state index in [1.54, 1.807) is 6.92 Å². The molecule has 1 aromatic heterocycles. The van der Waals surface area contributed by atoms with E-state index in [1.165, 1.54) is 44.8 Å². The standard InChI is InChI=1S/C22H24N4O5S2/c1-3-31-22(28)25-10-12-26(13-11-25)33(29,30)17-7-5-16(6-8-17)20(27)24-21-23-18-9-4-15(2)14-19(18)32-21/h4-9,14H,3,10-13H2,1-2H3,(H,23,24,27).